The van der Waals surface area contributed by atoms with Crippen molar-refractivity contribution >= 4 is 29.5 Å². The highest BCUT2D eigenvalue weighted by Gasteiger charge is 2.64. The molecule has 132 valence electrons. The van der Waals surface area contributed by atoms with E-state index < -0.39 is 28.8 Å². The van der Waals surface area contributed by atoms with Gasteiger partial charge in [0, 0.05) is 4.75 Å². The number of thioether (sulfide) groups is 1. The van der Waals surface area contributed by atoms with Crippen molar-refractivity contribution in [2.24, 2.45) is 5.73 Å². The molecule has 24 heavy (non-hydrogen) atoms. The third-order valence-corrected chi connectivity index (χ3v) is 6.55. The zero-order chi connectivity index (χ0) is 17.6. The van der Waals surface area contributed by atoms with Gasteiger partial charge in [-0.15, -0.1) is 11.8 Å². The molecule has 1 aliphatic carbocycles. The van der Waals surface area contributed by atoms with E-state index in [1.807, 2.05) is 6.08 Å². The van der Waals surface area contributed by atoms with E-state index in [9.17, 15) is 19.5 Å². The molecule has 0 radical (unpaired) electrons. The van der Waals surface area contributed by atoms with Gasteiger partial charge >= 0.3 is 5.97 Å². The Labute approximate surface area is 145 Å². The molecule has 0 aromatic heterocycles. The van der Waals surface area contributed by atoms with Crippen LogP contribution in [0.5, 0.6) is 0 Å². The van der Waals surface area contributed by atoms with Gasteiger partial charge < -0.3 is 21.1 Å². The molecule has 7 nitrogen and oxygen atoms in total. The van der Waals surface area contributed by atoms with Gasteiger partial charge in [-0.05, 0) is 45.1 Å². The minimum absolute atomic E-state index is 0.343. The van der Waals surface area contributed by atoms with E-state index in [4.69, 9.17) is 5.73 Å². The van der Waals surface area contributed by atoms with Crippen molar-refractivity contribution in [2.45, 2.75) is 67.8 Å². The van der Waals surface area contributed by atoms with Crippen molar-refractivity contribution in [3.05, 3.63) is 11.6 Å². The van der Waals surface area contributed by atoms with Crippen LogP contribution in [0.4, 0.5) is 0 Å². The van der Waals surface area contributed by atoms with E-state index in [1.54, 1.807) is 13.8 Å². The summed E-state index contributed by atoms with van der Waals surface area (Å²) < 4.78 is -0.598. The average Bonchev–Trinajstić information content (AvgIpc) is 2.80. The number of fused-ring (bicyclic) bond motifs is 1. The van der Waals surface area contributed by atoms with Crippen molar-refractivity contribution in [2.75, 3.05) is 0 Å². The summed E-state index contributed by atoms with van der Waals surface area (Å²) in [6, 6.07) is -2.30. The Balaban J connectivity index is 1.67. The van der Waals surface area contributed by atoms with Crippen molar-refractivity contribution in [1.29, 1.82) is 0 Å². The third kappa shape index (κ3) is 2.71. The molecule has 2 amide bonds. The minimum Gasteiger partial charge on any atom is -0.480 e. The van der Waals surface area contributed by atoms with Gasteiger partial charge in [0.15, 0.2) is 0 Å². The van der Waals surface area contributed by atoms with Crippen molar-refractivity contribution < 1.29 is 19.5 Å². The minimum atomic E-state index is -1.02. The monoisotopic (exact) mass is 353 g/mol. The number of carbonyl (C=O) groups is 3. The Hall–Kier alpha value is -1.54. The molecule has 8 heteroatoms. The number of β-lactam (4-membered cyclic amide) rings is 1. The summed E-state index contributed by atoms with van der Waals surface area (Å²) in [6.45, 7) is 3.61. The molecule has 2 unspecified atom stereocenters. The summed E-state index contributed by atoms with van der Waals surface area (Å²) >= 11 is 1.41. The van der Waals surface area contributed by atoms with Crippen LogP contribution in [0.2, 0.25) is 0 Å². The highest BCUT2D eigenvalue weighted by Crippen LogP contribution is 2.50. The number of aliphatic carboxylic acids is 1. The van der Waals surface area contributed by atoms with E-state index in [0.717, 1.165) is 31.3 Å². The number of hydrogen-bond acceptors (Lipinski definition) is 5. The molecule has 3 aliphatic rings. The van der Waals surface area contributed by atoms with Gasteiger partial charge in [-0.2, -0.15) is 0 Å². The first-order chi connectivity index (χ1) is 11.2. The lowest BCUT2D eigenvalue weighted by Crippen LogP contribution is -2.71. The lowest BCUT2D eigenvalue weighted by Gasteiger charge is -2.43. The SMILES string of the molecule is CC1(C)S[C@@H]2C(NC(=O)C(N)C3=CCCCC3)C(=O)N2[C@H]1C(=O)O. The molecule has 0 aromatic rings. The van der Waals surface area contributed by atoms with Crippen LogP contribution in [-0.4, -0.2) is 56.0 Å². The molecule has 0 aromatic carbocycles. The second-order valence-corrected chi connectivity index (χ2v) is 8.86. The first-order valence-electron chi connectivity index (χ1n) is 8.22. The Morgan fingerprint density at radius 2 is 2.17 bits per heavy atom. The molecule has 2 heterocycles. The maximum Gasteiger partial charge on any atom is 0.327 e. The summed E-state index contributed by atoms with van der Waals surface area (Å²) in [6.07, 6.45) is 5.88. The number of allylic oxidation sites excluding steroid dienone is 1. The van der Waals surface area contributed by atoms with Gasteiger partial charge in [-0.1, -0.05) is 6.08 Å². The van der Waals surface area contributed by atoms with E-state index in [1.165, 1.54) is 16.7 Å². The summed E-state index contributed by atoms with van der Waals surface area (Å²) in [7, 11) is 0. The molecule has 2 fully saturated rings. The fraction of sp³-hybridized carbons (Fsp3) is 0.688. The van der Waals surface area contributed by atoms with Crippen molar-refractivity contribution in [1.82, 2.24) is 10.2 Å². The van der Waals surface area contributed by atoms with E-state index >= 15 is 0 Å². The fourth-order valence-electron chi connectivity index (χ4n) is 3.70. The first kappa shape index (κ1) is 17.3. The number of nitrogens with two attached hydrogens (primary N) is 1. The zero-order valence-electron chi connectivity index (χ0n) is 13.8. The fourth-order valence-corrected chi connectivity index (χ4v) is 5.33. The molecule has 4 N–H and O–H groups in total. The van der Waals surface area contributed by atoms with E-state index in [2.05, 4.69) is 5.32 Å². The van der Waals surface area contributed by atoms with Gasteiger partial charge in [0.05, 0.1) is 0 Å². The molecule has 2 aliphatic heterocycles. The number of rotatable bonds is 4. The molecular formula is C16H23N3O4S. The first-order valence-corrected chi connectivity index (χ1v) is 9.09. The van der Waals surface area contributed by atoms with Gasteiger partial charge in [0.25, 0.3) is 0 Å². The molecule has 4 atom stereocenters. The number of nitrogens with zero attached hydrogens (tertiary/aromatic N) is 1. The Morgan fingerprint density at radius 1 is 1.46 bits per heavy atom. The van der Waals surface area contributed by atoms with Gasteiger partial charge in [-0.25, -0.2) is 4.79 Å². The Morgan fingerprint density at radius 3 is 2.75 bits per heavy atom. The maximum absolute atomic E-state index is 12.4. The molecule has 2 saturated heterocycles. The van der Waals surface area contributed by atoms with Crippen molar-refractivity contribution in [3.63, 3.8) is 0 Å². The van der Waals surface area contributed by atoms with Gasteiger partial charge in [0.2, 0.25) is 11.8 Å². The van der Waals surface area contributed by atoms with Gasteiger partial charge in [0.1, 0.15) is 23.5 Å². The highest BCUT2D eigenvalue weighted by molar-refractivity contribution is 8.01. The van der Waals surface area contributed by atoms with Crippen molar-refractivity contribution in [3.8, 4) is 0 Å². The number of carboxylic acid groups (broad SMARTS) is 1. The Bertz CT molecular complexity index is 618. The van der Waals surface area contributed by atoms with Crippen LogP contribution in [0.25, 0.3) is 0 Å². The summed E-state index contributed by atoms with van der Waals surface area (Å²) in [5, 5.41) is 11.8. The summed E-state index contributed by atoms with van der Waals surface area (Å²) in [5.41, 5.74) is 6.95. The molecule has 0 spiro atoms. The van der Waals surface area contributed by atoms with Gasteiger partial charge in [-0.3, -0.25) is 9.59 Å². The zero-order valence-corrected chi connectivity index (χ0v) is 14.6. The molecular weight excluding hydrogens is 330 g/mol. The van der Waals surface area contributed by atoms with E-state index in [0.29, 0.717) is 0 Å². The van der Waals surface area contributed by atoms with Crippen LogP contribution in [-0.2, 0) is 14.4 Å². The lowest BCUT2D eigenvalue weighted by atomic mass is 9.93. The summed E-state index contributed by atoms with van der Waals surface area (Å²) in [4.78, 5) is 37.6. The predicted molar refractivity (Wildman–Crippen MR) is 90.2 cm³/mol. The number of carbonyl (C=O) groups excluding carboxylic acids is 2. The lowest BCUT2D eigenvalue weighted by molar-refractivity contribution is -0.161. The van der Waals surface area contributed by atoms with Crippen LogP contribution in [0.15, 0.2) is 11.6 Å². The van der Waals surface area contributed by atoms with Crippen LogP contribution in [0.1, 0.15) is 39.5 Å². The third-order valence-electron chi connectivity index (χ3n) is 4.98. The highest BCUT2D eigenvalue weighted by atomic mass is 32.2. The van der Waals surface area contributed by atoms with Crippen LogP contribution < -0.4 is 11.1 Å². The number of nitrogens with one attached hydrogen (secondary N) is 1. The average molecular weight is 353 g/mol. The standard InChI is InChI=1S/C16H23N3O4S/c1-16(2)11(15(22)23)19-13(21)10(14(19)24-16)18-12(20)9(17)8-6-4-3-5-7-8/h6,9-11,14H,3-5,7,17H2,1-2H3,(H,18,20)(H,22,23)/t9?,10?,11-,14+/m0/s1. The summed E-state index contributed by atoms with van der Waals surface area (Å²) in [5.74, 6) is -1.72. The predicted octanol–water partition coefficient (Wildman–Crippen LogP) is 0.446. The number of amides is 2. The van der Waals surface area contributed by atoms with Crippen LogP contribution in [0.3, 0.4) is 0 Å². The molecule has 0 saturated carbocycles. The molecule has 0 bridgehead atoms. The maximum atomic E-state index is 12.4. The largest absolute Gasteiger partial charge is 0.480 e. The Kier molecular flexibility index (Phi) is 4.37. The number of hydrogen-bond donors (Lipinski definition) is 3. The molecule has 3 rings (SSSR count). The number of carboxylic acids is 1. The quantitative estimate of drug-likeness (QED) is 0.499. The van der Waals surface area contributed by atoms with Crippen LogP contribution in [0, 0.1) is 0 Å². The smallest absolute Gasteiger partial charge is 0.327 e. The topological polar surface area (TPSA) is 113 Å². The van der Waals surface area contributed by atoms with Crippen LogP contribution >= 0.6 is 11.8 Å². The second-order valence-electron chi connectivity index (χ2n) is 7.09. The van der Waals surface area contributed by atoms with E-state index in [-0.39, 0.29) is 17.2 Å². The normalized spacial score (nSPS) is 32.5. The second kappa shape index (κ2) is 6.07.